The molecular formula is C11H14O5. The lowest BCUT2D eigenvalue weighted by atomic mass is 9.83. The zero-order valence-corrected chi connectivity index (χ0v) is 8.92. The van der Waals surface area contributed by atoms with Gasteiger partial charge in [0.1, 0.15) is 0 Å². The van der Waals surface area contributed by atoms with E-state index in [4.69, 9.17) is 9.84 Å². The van der Waals surface area contributed by atoms with E-state index in [0.717, 1.165) is 0 Å². The molecule has 1 heterocycles. The van der Waals surface area contributed by atoms with E-state index in [9.17, 15) is 9.90 Å². The largest absolute Gasteiger partial charge is 0.472 e. The Bertz CT molecular complexity index is 357. The average molecular weight is 226 g/mol. The molecular weight excluding hydrogens is 212 g/mol. The van der Waals surface area contributed by atoms with Gasteiger partial charge in [-0.05, 0) is 12.0 Å². The van der Waals surface area contributed by atoms with Gasteiger partial charge in [0.15, 0.2) is 0 Å². The highest BCUT2D eigenvalue weighted by Crippen LogP contribution is 2.42. The molecule has 5 heteroatoms. The van der Waals surface area contributed by atoms with Crippen molar-refractivity contribution in [2.45, 2.75) is 12.7 Å². The molecule has 1 aliphatic heterocycles. The minimum Gasteiger partial charge on any atom is -0.472 e. The van der Waals surface area contributed by atoms with E-state index in [1.54, 1.807) is 0 Å². The van der Waals surface area contributed by atoms with Crippen LogP contribution in [0.15, 0.2) is 23.5 Å². The van der Waals surface area contributed by atoms with Gasteiger partial charge in [0.2, 0.25) is 6.29 Å². The first kappa shape index (κ1) is 11.2. The van der Waals surface area contributed by atoms with Crippen LogP contribution in [-0.4, -0.2) is 36.2 Å². The number of fused-ring (bicyclic) bond motifs is 1. The van der Waals surface area contributed by atoms with Gasteiger partial charge in [-0.1, -0.05) is 6.08 Å². The van der Waals surface area contributed by atoms with Gasteiger partial charge in [-0.15, -0.1) is 0 Å². The Morgan fingerprint density at radius 1 is 1.69 bits per heavy atom. The van der Waals surface area contributed by atoms with Gasteiger partial charge in [-0.3, -0.25) is 0 Å². The van der Waals surface area contributed by atoms with E-state index in [1.807, 2.05) is 6.08 Å². The highest BCUT2D eigenvalue weighted by molar-refractivity contribution is 5.89. The van der Waals surface area contributed by atoms with Crippen molar-refractivity contribution in [3.05, 3.63) is 23.5 Å². The predicted octanol–water partition coefficient (Wildman–Crippen LogP) is -0.0533. The Hall–Kier alpha value is -1.33. The molecule has 0 saturated carbocycles. The number of allylic oxidation sites excluding steroid dienone is 1. The molecule has 2 unspecified atom stereocenters. The van der Waals surface area contributed by atoms with Crippen LogP contribution in [0.3, 0.4) is 0 Å². The maximum Gasteiger partial charge on any atom is 0.337 e. The maximum atomic E-state index is 11.5. The molecule has 2 aliphatic rings. The fourth-order valence-corrected chi connectivity index (χ4v) is 2.32. The van der Waals surface area contributed by atoms with Gasteiger partial charge >= 0.3 is 5.97 Å². The van der Waals surface area contributed by atoms with Gasteiger partial charge in [-0.25, -0.2) is 4.79 Å². The van der Waals surface area contributed by atoms with Crippen molar-refractivity contribution in [1.29, 1.82) is 0 Å². The number of ether oxygens (including phenoxy) is 2. The minimum absolute atomic E-state index is 0.129. The summed E-state index contributed by atoms with van der Waals surface area (Å²) in [6, 6.07) is 0. The zero-order valence-electron chi connectivity index (χ0n) is 8.92. The number of carbonyl (C=O) groups excluding carboxylic acids is 1. The molecule has 0 bridgehead atoms. The lowest BCUT2D eigenvalue weighted by Gasteiger charge is -2.31. The van der Waals surface area contributed by atoms with E-state index in [0.29, 0.717) is 17.6 Å². The fraction of sp³-hybridized carbons (Fsp3) is 0.545. The molecule has 16 heavy (non-hydrogen) atoms. The SMILES string of the molecule is COC(=O)C1=COC(O)C2C(CO)=CC[C@H]12. The summed E-state index contributed by atoms with van der Waals surface area (Å²) in [7, 11) is 1.30. The van der Waals surface area contributed by atoms with Crippen molar-refractivity contribution in [1.82, 2.24) is 0 Å². The summed E-state index contributed by atoms with van der Waals surface area (Å²) in [4.78, 5) is 11.5. The molecule has 5 nitrogen and oxygen atoms in total. The van der Waals surface area contributed by atoms with Crippen LogP contribution in [0.5, 0.6) is 0 Å². The van der Waals surface area contributed by atoms with Gasteiger partial charge in [-0.2, -0.15) is 0 Å². The van der Waals surface area contributed by atoms with E-state index in [-0.39, 0.29) is 18.4 Å². The molecule has 0 aromatic carbocycles. The molecule has 0 saturated heterocycles. The molecule has 2 rings (SSSR count). The first-order chi connectivity index (χ1) is 7.69. The molecule has 0 aromatic rings. The van der Waals surface area contributed by atoms with Crippen molar-refractivity contribution in [3.63, 3.8) is 0 Å². The Morgan fingerprint density at radius 2 is 2.44 bits per heavy atom. The van der Waals surface area contributed by atoms with Gasteiger partial charge in [0, 0.05) is 5.92 Å². The number of esters is 1. The van der Waals surface area contributed by atoms with Crippen LogP contribution < -0.4 is 0 Å². The van der Waals surface area contributed by atoms with Crippen LogP contribution >= 0.6 is 0 Å². The van der Waals surface area contributed by atoms with Crippen LogP contribution in [0.25, 0.3) is 0 Å². The standard InChI is InChI=1S/C11H14O5/c1-15-10(13)8-5-16-11(14)9-6(4-12)2-3-7(8)9/h2,5,7,9,11-12,14H,3-4H2,1H3/t7-,9?,11?/m1/s1. The normalized spacial score (nSPS) is 32.3. The summed E-state index contributed by atoms with van der Waals surface area (Å²) in [5.74, 6) is -0.947. The lowest BCUT2D eigenvalue weighted by molar-refractivity contribution is -0.141. The number of aliphatic hydroxyl groups is 2. The van der Waals surface area contributed by atoms with Gasteiger partial charge in [0.05, 0.1) is 31.5 Å². The average Bonchev–Trinajstić information content (AvgIpc) is 2.73. The van der Waals surface area contributed by atoms with Crippen LogP contribution in [0.2, 0.25) is 0 Å². The molecule has 3 atom stereocenters. The third kappa shape index (κ3) is 1.62. The van der Waals surface area contributed by atoms with Crippen LogP contribution in [0.4, 0.5) is 0 Å². The third-order valence-corrected chi connectivity index (χ3v) is 3.14. The van der Waals surface area contributed by atoms with Crippen molar-refractivity contribution in [2.24, 2.45) is 11.8 Å². The molecule has 0 radical (unpaired) electrons. The highest BCUT2D eigenvalue weighted by Gasteiger charge is 2.43. The zero-order chi connectivity index (χ0) is 11.7. The van der Waals surface area contributed by atoms with Crippen LogP contribution in [0.1, 0.15) is 6.42 Å². The van der Waals surface area contributed by atoms with E-state index >= 15 is 0 Å². The number of methoxy groups -OCH3 is 1. The van der Waals surface area contributed by atoms with Crippen molar-refractivity contribution in [2.75, 3.05) is 13.7 Å². The summed E-state index contributed by atoms with van der Waals surface area (Å²) >= 11 is 0. The number of aliphatic hydroxyl groups excluding tert-OH is 2. The summed E-state index contributed by atoms with van der Waals surface area (Å²) in [6.07, 6.45) is 2.71. The summed E-state index contributed by atoms with van der Waals surface area (Å²) < 4.78 is 9.65. The minimum atomic E-state index is -1.00. The monoisotopic (exact) mass is 226 g/mol. The van der Waals surface area contributed by atoms with E-state index < -0.39 is 12.3 Å². The molecule has 0 aromatic heterocycles. The molecule has 0 spiro atoms. The second kappa shape index (κ2) is 4.27. The topological polar surface area (TPSA) is 76.0 Å². The second-order valence-corrected chi connectivity index (χ2v) is 3.90. The van der Waals surface area contributed by atoms with Crippen molar-refractivity contribution in [3.8, 4) is 0 Å². The number of hydrogen-bond donors (Lipinski definition) is 2. The number of carbonyl (C=O) groups is 1. The van der Waals surface area contributed by atoms with Gasteiger partial charge in [0.25, 0.3) is 0 Å². The van der Waals surface area contributed by atoms with Crippen LogP contribution in [0, 0.1) is 11.8 Å². The molecule has 2 N–H and O–H groups in total. The van der Waals surface area contributed by atoms with E-state index in [1.165, 1.54) is 13.4 Å². The Labute approximate surface area is 93.0 Å². The highest BCUT2D eigenvalue weighted by atomic mass is 16.6. The first-order valence-electron chi connectivity index (χ1n) is 5.10. The lowest BCUT2D eigenvalue weighted by Crippen LogP contribution is -2.35. The summed E-state index contributed by atoms with van der Waals surface area (Å²) in [5.41, 5.74) is 1.13. The quantitative estimate of drug-likeness (QED) is 0.510. The predicted molar refractivity (Wildman–Crippen MR) is 54.0 cm³/mol. The fourth-order valence-electron chi connectivity index (χ4n) is 2.32. The maximum absolute atomic E-state index is 11.5. The van der Waals surface area contributed by atoms with Crippen molar-refractivity contribution >= 4 is 5.97 Å². The summed E-state index contributed by atoms with van der Waals surface area (Å²) in [5, 5.41) is 18.8. The smallest absolute Gasteiger partial charge is 0.337 e. The van der Waals surface area contributed by atoms with Gasteiger partial charge < -0.3 is 19.7 Å². The molecule has 1 aliphatic carbocycles. The van der Waals surface area contributed by atoms with E-state index in [2.05, 4.69) is 4.74 Å². The molecule has 0 fully saturated rings. The number of hydrogen-bond acceptors (Lipinski definition) is 5. The van der Waals surface area contributed by atoms with Crippen molar-refractivity contribution < 1.29 is 24.5 Å². The third-order valence-electron chi connectivity index (χ3n) is 3.14. The number of rotatable bonds is 2. The first-order valence-corrected chi connectivity index (χ1v) is 5.10. The summed E-state index contributed by atoms with van der Waals surface area (Å²) in [6.45, 7) is -0.129. The molecule has 88 valence electrons. The molecule has 0 amide bonds. The Balaban J connectivity index is 2.26. The Kier molecular flexibility index (Phi) is 2.98. The Morgan fingerprint density at radius 3 is 3.06 bits per heavy atom. The van der Waals surface area contributed by atoms with Crippen LogP contribution in [-0.2, 0) is 14.3 Å². The second-order valence-electron chi connectivity index (χ2n) is 3.90.